The second-order valence-corrected chi connectivity index (χ2v) is 7.27. The molecular weight excluding hydrogens is 446 g/mol. The number of rotatable bonds is 8. The fraction of sp³-hybridized carbons (Fsp3) is 0.167. The topological polar surface area (TPSA) is 169 Å². The highest BCUT2D eigenvalue weighted by Crippen LogP contribution is 2.31. The van der Waals surface area contributed by atoms with Crippen molar-refractivity contribution < 1.29 is 28.9 Å². The van der Waals surface area contributed by atoms with Crippen molar-refractivity contribution in [1.29, 1.82) is 0 Å². The Hall–Kier alpha value is -4.33. The first-order valence-electron chi connectivity index (χ1n) is 8.79. The number of methoxy groups -OCH3 is 1. The average molecular weight is 461 g/mol. The molecule has 0 aliphatic heterocycles. The lowest BCUT2D eigenvalue weighted by atomic mass is 10.2. The molecule has 1 N–H and O–H groups in total. The summed E-state index contributed by atoms with van der Waals surface area (Å²) >= 11 is 0.687. The summed E-state index contributed by atoms with van der Waals surface area (Å²) in [5, 5.41) is 24.0. The van der Waals surface area contributed by atoms with Crippen LogP contribution in [0.2, 0.25) is 0 Å². The minimum atomic E-state index is -0.779. The van der Waals surface area contributed by atoms with E-state index in [0.29, 0.717) is 16.9 Å². The summed E-state index contributed by atoms with van der Waals surface area (Å²) in [6, 6.07) is 7.06. The number of hydrogen-bond donors (Lipinski definition) is 1. The summed E-state index contributed by atoms with van der Waals surface area (Å²) in [6.07, 6.45) is 0.989. The molecule has 3 rings (SSSR count). The van der Waals surface area contributed by atoms with Crippen LogP contribution >= 0.6 is 11.3 Å². The van der Waals surface area contributed by atoms with Gasteiger partial charge < -0.3 is 24.9 Å². The quantitative estimate of drug-likeness (QED) is 0.229. The zero-order valence-corrected chi connectivity index (χ0v) is 17.5. The third-order valence-electron chi connectivity index (χ3n) is 4.21. The van der Waals surface area contributed by atoms with E-state index in [-0.39, 0.29) is 39.6 Å². The first kappa shape index (κ1) is 22.4. The molecule has 0 bridgehead atoms. The van der Waals surface area contributed by atoms with Crippen LogP contribution in [0.15, 0.2) is 36.5 Å². The van der Waals surface area contributed by atoms with Gasteiger partial charge in [-0.1, -0.05) is 17.4 Å². The molecule has 0 spiro atoms. The highest BCUT2D eigenvalue weighted by atomic mass is 32.1. The van der Waals surface area contributed by atoms with Gasteiger partial charge in [-0.15, -0.1) is 0 Å². The molecule has 3 aromatic rings. The summed E-state index contributed by atoms with van der Waals surface area (Å²) in [4.78, 5) is 48.7. The van der Waals surface area contributed by atoms with Gasteiger partial charge in [-0.05, 0) is 28.7 Å². The van der Waals surface area contributed by atoms with E-state index in [1.807, 2.05) is 0 Å². The Kier molecular flexibility index (Phi) is 6.44. The number of nitrogens with zero attached hydrogens (tertiary/aromatic N) is 4. The van der Waals surface area contributed by atoms with E-state index in [4.69, 9.17) is 9.47 Å². The molecule has 1 amide bonds. The number of aromatic nitrogens is 2. The van der Waals surface area contributed by atoms with Gasteiger partial charge in [0.25, 0.3) is 5.82 Å². The van der Waals surface area contributed by atoms with Crippen LogP contribution < -0.4 is 14.8 Å². The number of benzene rings is 1. The molecule has 0 radical (unpaired) electrons. The fourth-order valence-corrected chi connectivity index (χ4v) is 3.33. The molecule has 0 fully saturated rings. The molecular formula is C18H15N5O8S. The van der Waals surface area contributed by atoms with Crippen molar-refractivity contribution in [3.63, 3.8) is 0 Å². The summed E-state index contributed by atoms with van der Waals surface area (Å²) in [5.41, 5.74) is 0.588. The van der Waals surface area contributed by atoms with Crippen molar-refractivity contribution in [2.75, 3.05) is 7.11 Å². The Morgan fingerprint density at radius 1 is 1.16 bits per heavy atom. The Morgan fingerprint density at radius 3 is 2.50 bits per heavy atom. The van der Waals surface area contributed by atoms with E-state index in [0.717, 1.165) is 10.8 Å². The van der Waals surface area contributed by atoms with Gasteiger partial charge in [-0.2, -0.15) is 0 Å². The predicted octanol–water partition coefficient (Wildman–Crippen LogP) is 2.46. The lowest BCUT2D eigenvalue weighted by Gasteiger charge is -2.11. The van der Waals surface area contributed by atoms with E-state index in [1.165, 1.54) is 38.4 Å². The SMILES string of the molecule is COc1cc(CNC(=O)c2ncc([N+](=O)[O-])n2C)ccc1OC(=O)c1ccc([N+](=O)[O-])s1. The summed E-state index contributed by atoms with van der Waals surface area (Å²) < 4.78 is 11.5. The van der Waals surface area contributed by atoms with Gasteiger partial charge in [-0.3, -0.25) is 14.9 Å². The summed E-state index contributed by atoms with van der Waals surface area (Å²) in [5.74, 6) is -1.56. The van der Waals surface area contributed by atoms with Gasteiger partial charge >= 0.3 is 22.7 Å². The molecule has 0 aliphatic carbocycles. The first-order chi connectivity index (χ1) is 15.2. The minimum Gasteiger partial charge on any atom is -0.493 e. The van der Waals surface area contributed by atoms with Crippen molar-refractivity contribution in [2.45, 2.75) is 6.54 Å². The molecule has 1 aromatic carbocycles. The van der Waals surface area contributed by atoms with Gasteiger partial charge in [0.05, 0.1) is 19.1 Å². The Labute approximate surface area is 183 Å². The molecule has 0 saturated heterocycles. The molecule has 166 valence electrons. The van der Waals surface area contributed by atoms with Crippen LogP contribution in [0.1, 0.15) is 25.9 Å². The standard InChI is InChI=1S/C18H15N5O8S/c1-21-14(22(26)27)9-19-16(21)17(24)20-8-10-3-4-11(12(7-10)30-2)31-18(25)13-5-6-15(32-13)23(28)29/h3-7,9H,8H2,1-2H3,(H,20,24). The molecule has 0 aliphatic rings. The van der Waals surface area contributed by atoms with E-state index in [1.54, 1.807) is 6.07 Å². The van der Waals surface area contributed by atoms with Gasteiger partial charge in [0.2, 0.25) is 0 Å². The minimum absolute atomic E-state index is 0.0429. The van der Waals surface area contributed by atoms with Crippen LogP contribution in [0.25, 0.3) is 0 Å². The smallest absolute Gasteiger partial charge is 0.354 e. The van der Waals surface area contributed by atoms with Gasteiger partial charge in [0.15, 0.2) is 11.5 Å². The number of carbonyl (C=O) groups is 2. The van der Waals surface area contributed by atoms with Crippen LogP contribution in [0.4, 0.5) is 10.8 Å². The number of ether oxygens (including phenoxy) is 2. The molecule has 32 heavy (non-hydrogen) atoms. The number of hydrogen-bond acceptors (Lipinski definition) is 10. The molecule has 14 heteroatoms. The number of nitro groups is 2. The van der Waals surface area contributed by atoms with Crippen molar-refractivity contribution in [3.8, 4) is 11.5 Å². The highest BCUT2D eigenvalue weighted by Gasteiger charge is 2.23. The number of imidazole rings is 1. The lowest BCUT2D eigenvalue weighted by molar-refractivity contribution is -0.391. The third-order valence-corrected chi connectivity index (χ3v) is 5.23. The van der Waals surface area contributed by atoms with Crippen LogP contribution in [0.5, 0.6) is 11.5 Å². The summed E-state index contributed by atoms with van der Waals surface area (Å²) in [7, 11) is 2.71. The largest absolute Gasteiger partial charge is 0.493 e. The van der Waals surface area contributed by atoms with Crippen molar-refractivity contribution in [1.82, 2.24) is 14.9 Å². The number of thiophene rings is 1. The zero-order chi connectivity index (χ0) is 23.4. The molecule has 2 heterocycles. The van der Waals surface area contributed by atoms with E-state index in [9.17, 15) is 29.8 Å². The van der Waals surface area contributed by atoms with Crippen LogP contribution in [-0.2, 0) is 13.6 Å². The molecule has 13 nitrogen and oxygen atoms in total. The van der Waals surface area contributed by atoms with Gasteiger partial charge in [-0.25, -0.2) is 14.3 Å². The van der Waals surface area contributed by atoms with Crippen molar-refractivity contribution >= 4 is 34.0 Å². The number of carbonyl (C=O) groups excluding carboxylic acids is 2. The highest BCUT2D eigenvalue weighted by molar-refractivity contribution is 7.17. The second-order valence-electron chi connectivity index (χ2n) is 6.21. The number of nitrogens with one attached hydrogen (secondary N) is 1. The second kappa shape index (κ2) is 9.22. The van der Waals surface area contributed by atoms with Gasteiger partial charge in [0.1, 0.15) is 11.1 Å². The maximum absolute atomic E-state index is 12.3. The third kappa shape index (κ3) is 4.70. The molecule has 0 unspecified atom stereocenters. The maximum atomic E-state index is 12.3. The van der Waals surface area contributed by atoms with Crippen LogP contribution in [0, 0.1) is 20.2 Å². The first-order valence-corrected chi connectivity index (χ1v) is 9.60. The maximum Gasteiger partial charge on any atom is 0.354 e. The Balaban J connectivity index is 1.68. The fourth-order valence-electron chi connectivity index (χ4n) is 2.63. The Morgan fingerprint density at radius 2 is 1.91 bits per heavy atom. The molecule has 2 aromatic heterocycles. The predicted molar refractivity (Wildman–Crippen MR) is 110 cm³/mol. The zero-order valence-electron chi connectivity index (χ0n) is 16.6. The molecule has 0 atom stereocenters. The average Bonchev–Trinajstić information content (AvgIpc) is 3.40. The van der Waals surface area contributed by atoms with E-state index in [2.05, 4.69) is 10.3 Å². The van der Waals surface area contributed by atoms with Crippen molar-refractivity contribution in [2.24, 2.45) is 7.05 Å². The normalized spacial score (nSPS) is 10.4. The lowest BCUT2D eigenvalue weighted by Crippen LogP contribution is -2.26. The van der Waals surface area contributed by atoms with Crippen LogP contribution in [-0.4, -0.2) is 38.4 Å². The number of esters is 1. The van der Waals surface area contributed by atoms with E-state index < -0.39 is 21.7 Å². The van der Waals surface area contributed by atoms with E-state index >= 15 is 0 Å². The van der Waals surface area contributed by atoms with Crippen molar-refractivity contribution in [3.05, 3.63) is 73.0 Å². The Bertz CT molecular complexity index is 1220. The molecule has 0 saturated carbocycles. The summed E-state index contributed by atoms with van der Waals surface area (Å²) in [6.45, 7) is 0.0429. The van der Waals surface area contributed by atoms with Crippen LogP contribution in [0.3, 0.4) is 0 Å². The number of amides is 1. The van der Waals surface area contributed by atoms with Gasteiger partial charge in [0, 0.05) is 12.6 Å². The monoisotopic (exact) mass is 461 g/mol.